The normalized spacial score (nSPS) is 51.4. The molecule has 0 saturated carbocycles. The van der Waals surface area contributed by atoms with E-state index in [1.807, 2.05) is 0 Å². The Morgan fingerprint density at radius 3 is 0.868 bits per heavy atom. The lowest BCUT2D eigenvalue weighted by Crippen LogP contribution is -2.87. The molecule has 4 bridgehead atoms. The Balaban J connectivity index is 2.25. The van der Waals surface area contributed by atoms with E-state index in [1.165, 1.54) is 0 Å². The highest BCUT2D eigenvalue weighted by atomic mass is 17.7. The van der Waals surface area contributed by atoms with E-state index in [2.05, 4.69) is 0 Å². The summed E-state index contributed by atoms with van der Waals surface area (Å²) in [6.07, 6.45) is 0. The van der Waals surface area contributed by atoms with Crippen LogP contribution in [0.3, 0.4) is 0 Å². The first-order chi connectivity index (χ1) is 17.2. The molecule has 0 aromatic carbocycles. The molecule has 0 aliphatic carbocycles. The third-order valence-corrected chi connectivity index (χ3v) is 3.58. The van der Waals surface area contributed by atoms with Crippen molar-refractivity contribution in [2.75, 3.05) is 35.5 Å². The average Bonchev–Trinajstić information content (AvgIpc) is 2.74. The van der Waals surface area contributed by atoms with E-state index in [0.717, 1.165) is 35.5 Å². The van der Waals surface area contributed by atoms with E-state index in [-0.39, 0.29) is 5.39 Å². The Labute approximate surface area is 208 Å². The van der Waals surface area contributed by atoms with Crippen molar-refractivity contribution in [1.82, 2.24) is 5.39 Å². The van der Waals surface area contributed by atoms with Gasteiger partial charge in [-0.15, -0.1) is 19.4 Å². The van der Waals surface area contributed by atoms with Gasteiger partial charge >= 0.3 is 20.3 Å². The van der Waals surface area contributed by atoms with Crippen molar-refractivity contribution >= 4 is 0 Å². The van der Waals surface area contributed by atoms with Crippen molar-refractivity contribution in [3.8, 4) is 0 Å². The SMILES string of the molecule is CON1O[N+](N)(OC)O[N+]2(N)O[N+](N)(OC)O[N+]3(N)O[N+](N)(OC)O[N+](N)(O[N+](N)(OC)O1)O[N+](N)(O2)O3. The van der Waals surface area contributed by atoms with Gasteiger partial charge in [0.1, 0.15) is 28.4 Å². The summed E-state index contributed by atoms with van der Waals surface area (Å²) in [7, 11) is 4.45. The molecule has 33 heteroatoms. The molecule has 6 atom stereocenters. The number of rotatable bonds is 5. The average molecular weight is 585 g/mol. The highest BCUT2D eigenvalue weighted by Crippen LogP contribution is 2.34. The molecule has 3 aliphatic heterocycles. The van der Waals surface area contributed by atoms with Crippen molar-refractivity contribution in [2.45, 2.75) is 0 Å². The lowest BCUT2D eigenvalue weighted by molar-refractivity contribution is -1.86. The van der Waals surface area contributed by atoms with Gasteiger partial charge in [0.15, 0.2) is 9.88 Å². The predicted molar refractivity (Wildman–Crippen MR) is 84.4 cm³/mol. The minimum absolute atomic E-state index is 0.0708. The zero-order chi connectivity index (χ0) is 28.9. The fourth-order valence-corrected chi connectivity index (χ4v) is 2.20. The van der Waals surface area contributed by atoms with Gasteiger partial charge in [-0.25, -0.2) is 4.84 Å². The molecule has 3 aliphatic rings. The summed E-state index contributed by atoms with van der Waals surface area (Å²) in [4.78, 5) is 79.5. The van der Waals surface area contributed by atoms with Crippen LogP contribution in [0.15, 0.2) is 0 Å². The first-order valence-corrected chi connectivity index (χ1v) is 9.04. The molecule has 33 nitrogen and oxygen atoms in total. The summed E-state index contributed by atoms with van der Waals surface area (Å²) < 4.78 is 0. The van der Waals surface area contributed by atoms with E-state index in [4.69, 9.17) is 125 Å². The maximum Gasteiger partial charge on any atom is 0.360 e. The summed E-state index contributed by atoms with van der Waals surface area (Å²) in [6.45, 7) is 0. The molecule has 16 N–H and O–H groups in total. The third-order valence-electron chi connectivity index (χ3n) is 3.58. The van der Waals surface area contributed by atoms with Crippen LogP contribution in [0.5, 0.6) is 0 Å². The van der Waals surface area contributed by atoms with Crippen molar-refractivity contribution in [2.24, 2.45) is 46.7 Å². The highest BCUT2D eigenvalue weighted by molar-refractivity contribution is 3.65. The van der Waals surface area contributed by atoms with Crippen LogP contribution in [0.2, 0.25) is 0 Å². The number of nitrogens with zero attached hydrogens (tertiary/aromatic N) is 9. The molecule has 0 radical (unpaired) electrons. The first-order valence-electron chi connectivity index (χ1n) is 9.04. The number of fused-ring (bicyclic) bond motifs is 3. The molecule has 3 rings (SSSR count). The van der Waals surface area contributed by atoms with E-state index in [9.17, 15) is 0 Å². The minimum atomic E-state index is -2.54. The van der Waals surface area contributed by atoms with Gasteiger partial charge in [0, 0.05) is 0 Å². The number of quaternary nitrogens is 8. The van der Waals surface area contributed by atoms with Crippen LogP contribution in [0.25, 0.3) is 0 Å². The fraction of sp³-hybridized carbons (Fsp3) is 1.00. The molecule has 6 unspecified atom stereocenters. The van der Waals surface area contributed by atoms with Gasteiger partial charge in [-0.05, 0) is 0 Å². The summed E-state index contributed by atoms with van der Waals surface area (Å²) in [5, 5.41) is -18.7. The van der Waals surface area contributed by atoms with Crippen molar-refractivity contribution in [3.05, 3.63) is 0 Å². The molecule has 0 spiro atoms. The van der Waals surface area contributed by atoms with Crippen LogP contribution in [-0.4, -0.2) is 81.6 Å². The van der Waals surface area contributed by atoms with Crippen LogP contribution < -0.4 is 46.7 Å². The largest absolute Gasteiger partial charge is 0.360 e. The lowest BCUT2D eigenvalue weighted by Gasteiger charge is -2.34. The summed E-state index contributed by atoms with van der Waals surface area (Å²) >= 11 is 0. The van der Waals surface area contributed by atoms with Crippen LogP contribution in [0.1, 0.15) is 0 Å². The monoisotopic (exact) mass is 585 g/mol. The molecule has 0 aromatic heterocycles. The topological polar surface area (TPSA) is 359 Å². The Bertz CT molecular complexity index is 807. The van der Waals surface area contributed by atoms with Gasteiger partial charge in [0.25, 0.3) is 20.3 Å². The fourth-order valence-electron chi connectivity index (χ4n) is 2.20. The molecular weight excluding hydrogens is 554 g/mol. The van der Waals surface area contributed by atoms with E-state index < -0.39 is 40.7 Å². The van der Waals surface area contributed by atoms with Crippen molar-refractivity contribution in [3.63, 3.8) is 0 Å². The van der Waals surface area contributed by atoms with Crippen LogP contribution in [-0.2, 0) is 78.5 Å². The van der Waals surface area contributed by atoms with Crippen LogP contribution in [0.4, 0.5) is 0 Å². The van der Waals surface area contributed by atoms with E-state index in [0.29, 0.717) is 0 Å². The molecule has 3 fully saturated rings. The third kappa shape index (κ3) is 6.69. The number of nitrogens with two attached hydrogens (primary N) is 8. The van der Waals surface area contributed by atoms with Gasteiger partial charge in [0.05, 0.1) is 17.0 Å². The number of hydrogen-bond donors (Lipinski definition) is 8. The molecule has 0 amide bonds. The number of hydrogen-bond acceptors (Lipinski definition) is 25. The summed E-state index contributed by atoms with van der Waals surface area (Å²) in [5.74, 6) is 46.7. The van der Waals surface area contributed by atoms with Gasteiger partial charge in [-0.3, -0.25) is 0 Å². The van der Waals surface area contributed by atoms with Gasteiger partial charge < -0.3 is 0 Å². The summed E-state index contributed by atoms with van der Waals surface area (Å²) in [5.41, 5.74) is 0. The Morgan fingerprint density at radius 2 is 0.632 bits per heavy atom. The Morgan fingerprint density at radius 1 is 0.395 bits per heavy atom. The Kier molecular flexibility index (Phi) is 8.17. The molecule has 224 valence electrons. The van der Waals surface area contributed by atoms with Crippen LogP contribution >= 0.6 is 0 Å². The molecule has 38 heavy (non-hydrogen) atoms. The van der Waals surface area contributed by atoms with Gasteiger partial charge in [-0.1, -0.05) is 46.7 Å². The maximum atomic E-state index is 5.90. The first kappa shape index (κ1) is 31.2. The lowest BCUT2D eigenvalue weighted by atomic mass is 11.7. The second kappa shape index (κ2) is 9.95. The molecule has 0 aromatic rings. The van der Waals surface area contributed by atoms with Gasteiger partial charge in [-0.2, -0.15) is 0 Å². The minimum Gasteiger partial charge on any atom is -0.245 e. The van der Waals surface area contributed by atoms with E-state index in [1.54, 1.807) is 0 Å². The second-order valence-electron chi connectivity index (χ2n) is 6.35. The Hall–Kier alpha value is -1.32. The van der Waals surface area contributed by atoms with Crippen molar-refractivity contribution in [1.29, 1.82) is 0 Å². The zero-order valence-corrected chi connectivity index (χ0v) is 20.2. The smallest absolute Gasteiger partial charge is 0.245 e. The zero-order valence-electron chi connectivity index (χ0n) is 20.2. The quantitative estimate of drug-likeness (QED) is 0.110. The van der Waals surface area contributed by atoms with E-state index >= 15 is 0 Å². The molecule has 3 saturated heterocycles. The second-order valence-corrected chi connectivity index (χ2v) is 6.35. The predicted octanol–water partition coefficient (Wildman–Crippen LogP) is -8.03. The summed E-state index contributed by atoms with van der Waals surface area (Å²) in [6, 6.07) is 0. The molecule has 3 heterocycles. The highest BCUT2D eigenvalue weighted by Gasteiger charge is 2.84. The molecular formula is C5H31N17O16+8. The van der Waals surface area contributed by atoms with Crippen LogP contribution in [0, 0.1) is 0 Å². The standard InChI is InChI=1S/C5H31N17O16/c1-23-14-28-15(6,24-2)30-19(10)32-17(8,26-4)34-21(12)35-18(9,27-5)33-20(11,31-16(7,25-3)29-14)37-22(13,36-19)38-21/h6-13H2,1-5H3/q+8. The maximum absolute atomic E-state index is 5.90. The van der Waals surface area contributed by atoms with Crippen molar-refractivity contribution < 1.29 is 119 Å². The van der Waals surface area contributed by atoms with Gasteiger partial charge in [0.2, 0.25) is 40.0 Å².